The molecule has 3 heterocycles. The number of aliphatic hydroxyl groups is 1. The third-order valence-electron chi connectivity index (χ3n) is 4.45. The largest absolute Gasteiger partial charge is 0.491 e. The van der Waals surface area contributed by atoms with E-state index in [9.17, 15) is 5.11 Å². The number of morpholine rings is 1. The van der Waals surface area contributed by atoms with E-state index in [1.165, 1.54) is 0 Å². The molecule has 1 aliphatic rings. The Balaban J connectivity index is 1.35. The summed E-state index contributed by atoms with van der Waals surface area (Å²) in [4.78, 5) is 14.3. The number of aliphatic hydroxyl groups excluding tert-OH is 1. The number of aromatic nitrogens is 3. The van der Waals surface area contributed by atoms with Gasteiger partial charge in [0.1, 0.15) is 29.8 Å². The summed E-state index contributed by atoms with van der Waals surface area (Å²) in [6, 6.07) is 9.57. The lowest BCUT2D eigenvalue weighted by Gasteiger charge is -2.28. The Kier molecular flexibility index (Phi) is 5.68. The fourth-order valence-electron chi connectivity index (χ4n) is 3.04. The summed E-state index contributed by atoms with van der Waals surface area (Å²) < 4.78 is 11.9. The molecule has 0 spiro atoms. The number of nitrogens with zero attached hydrogens (tertiary/aromatic N) is 3. The van der Waals surface area contributed by atoms with Crippen molar-refractivity contribution in [1.82, 2.24) is 19.9 Å². The minimum atomic E-state index is -0.525. The third-order valence-corrected chi connectivity index (χ3v) is 4.88. The second-order valence-corrected chi connectivity index (χ2v) is 7.42. The number of halogens is 1. The quantitative estimate of drug-likeness (QED) is 0.622. The number of hydrogen-bond donors (Lipinski definition) is 2. The van der Waals surface area contributed by atoms with E-state index in [2.05, 4.69) is 35.8 Å². The van der Waals surface area contributed by atoms with Gasteiger partial charge < -0.3 is 19.6 Å². The van der Waals surface area contributed by atoms with Gasteiger partial charge in [-0.2, -0.15) is 0 Å². The molecule has 142 valence electrons. The van der Waals surface area contributed by atoms with Crippen molar-refractivity contribution in [2.24, 2.45) is 0 Å². The zero-order chi connectivity index (χ0) is 18.6. The molecule has 0 saturated carbocycles. The maximum atomic E-state index is 10.2. The van der Waals surface area contributed by atoms with Gasteiger partial charge in [-0.05, 0) is 46.3 Å². The van der Waals surface area contributed by atoms with Crippen LogP contribution in [0.5, 0.6) is 5.75 Å². The number of H-pyrrole nitrogens is 1. The number of aromatic amines is 1. The zero-order valence-corrected chi connectivity index (χ0v) is 16.4. The van der Waals surface area contributed by atoms with E-state index in [1.807, 2.05) is 30.3 Å². The van der Waals surface area contributed by atoms with E-state index >= 15 is 0 Å². The number of nitrogens with one attached hydrogen (secondary N) is 1. The van der Waals surface area contributed by atoms with E-state index in [1.54, 1.807) is 6.20 Å². The number of benzene rings is 1. The van der Waals surface area contributed by atoms with Crippen LogP contribution < -0.4 is 4.74 Å². The molecule has 1 aromatic carbocycles. The number of pyridine rings is 1. The standard InChI is InChI=1S/C19H21BrN4O3/c20-14-9-17-19(21-10-14)23-18(22-17)13-1-3-16(4-2-13)27-12-15(25)11-24-5-7-26-8-6-24/h1-4,9-10,15,25H,5-8,11-12H2,(H,21,22,23). The highest BCUT2D eigenvalue weighted by Crippen LogP contribution is 2.23. The van der Waals surface area contributed by atoms with Gasteiger partial charge in [-0.1, -0.05) is 0 Å². The molecule has 1 atom stereocenters. The lowest BCUT2D eigenvalue weighted by atomic mass is 10.2. The second kappa shape index (κ2) is 8.35. The molecule has 8 heteroatoms. The zero-order valence-electron chi connectivity index (χ0n) is 14.8. The van der Waals surface area contributed by atoms with E-state index in [4.69, 9.17) is 9.47 Å². The molecule has 2 N–H and O–H groups in total. The van der Waals surface area contributed by atoms with Crippen LogP contribution >= 0.6 is 15.9 Å². The van der Waals surface area contributed by atoms with Gasteiger partial charge >= 0.3 is 0 Å². The van der Waals surface area contributed by atoms with Crippen molar-refractivity contribution in [2.75, 3.05) is 39.5 Å². The predicted octanol–water partition coefficient (Wildman–Crippen LogP) is 2.46. The number of hydrogen-bond acceptors (Lipinski definition) is 6. The minimum absolute atomic E-state index is 0.263. The van der Waals surface area contributed by atoms with Gasteiger partial charge in [0.2, 0.25) is 0 Å². The first-order chi connectivity index (χ1) is 13.2. The topological polar surface area (TPSA) is 83.5 Å². The first kappa shape index (κ1) is 18.4. The van der Waals surface area contributed by atoms with E-state index in [0.29, 0.717) is 6.54 Å². The van der Waals surface area contributed by atoms with Crippen LogP contribution in [0.2, 0.25) is 0 Å². The molecule has 0 bridgehead atoms. The molecule has 0 radical (unpaired) electrons. The average molecular weight is 433 g/mol. The lowest BCUT2D eigenvalue weighted by Crippen LogP contribution is -2.42. The highest BCUT2D eigenvalue weighted by Gasteiger charge is 2.15. The highest BCUT2D eigenvalue weighted by atomic mass is 79.9. The Labute approximate surface area is 165 Å². The third kappa shape index (κ3) is 4.65. The maximum Gasteiger partial charge on any atom is 0.157 e. The van der Waals surface area contributed by atoms with Crippen LogP contribution in [0.1, 0.15) is 0 Å². The summed E-state index contributed by atoms with van der Waals surface area (Å²) >= 11 is 3.40. The van der Waals surface area contributed by atoms with Crippen LogP contribution in [0.4, 0.5) is 0 Å². The Hall–Kier alpha value is -2.00. The van der Waals surface area contributed by atoms with Gasteiger partial charge in [0, 0.05) is 35.9 Å². The Morgan fingerprint density at radius 1 is 1.26 bits per heavy atom. The normalized spacial score (nSPS) is 16.5. The molecule has 0 amide bonds. The van der Waals surface area contributed by atoms with Gasteiger partial charge in [-0.25, -0.2) is 9.97 Å². The minimum Gasteiger partial charge on any atom is -0.491 e. The number of rotatable bonds is 6. The summed E-state index contributed by atoms with van der Waals surface area (Å²) in [5.74, 6) is 1.48. The summed E-state index contributed by atoms with van der Waals surface area (Å²) in [5, 5.41) is 10.2. The van der Waals surface area contributed by atoms with Crippen molar-refractivity contribution in [3.63, 3.8) is 0 Å². The summed E-state index contributed by atoms with van der Waals surface area (Å²) in [6.07, 6.45) is 1.21. The molecule has 0 aliphatic carbocycles. The maximum absolute atomic E-state index is 10.2. The van der Waals surface area contributed by atoms with Gasteiger partial charge in [0.15, 0.2) is 5.65 Å². The van der Waals surface area contributed by atoms with Crippen LogP contribution in [0.15, 0.2) is 41.0 Å². The molecule has 1 unspecified atom stereocenters. The van der Waals surface area contributed by atoms with Crippen molar-refractivity contribution >= 4 is 27.1 Å². The first-order valence-electron chi connectivity index (χ1n) is 8.90. The number of β-amino-alcohol motifs (C(OH)–C–C–N with tert-alkyl or cyclic N) is 1. The van der Waals surface area contributed by atoms with Crippen LogP contribution in [0.25, 0.3) is 22.6 Å². The smallest absolute Gasteiger partial charge is 0.157 e. The summed E-state index contributed by atoms with van der Waals surface area (Å²) in [5.41, 5.74) is 2.51. The van der Waals surface area contributed by atoms with Crippen LogP contribution in [0.3, 0.4) is 0 Å². The summed E-state index contributed by atoms with van der Waals surface area (Å²) in [7, 11) is 0. The fourth-order valence-corrected chi connectivity index (χ4v) is 3.36. The first-order valence-corrected chi connectivity index (χ1v) is 9.69. The summed E-state index contributed by atoms with van der Waals surface area (Å²) in [6.45, 7) is 4.03. The molecule has 7 nitrogen and oxygen atoms in total. The molecule has 1 saturated heterocycles. The van der Waals surface area contributed by atoms with Crippen molar-refractivity contribution in [3.05, 3.63) is 41.0 Å². The molecule has 1 aliphatic heterocycles. The molecular formula is C19H21BrN4O3. The number of ether oxygens (including phenoxy) is 2. The Bertz CT molecular complexity index is 894. The Morgan fingerprint density at radius 3 is 2.81 bits per heavy atom. The van der Waals surface area contributed by atoms with Gasteiger partial charge in [-0.3, -0.25) is 4.90 Å². The molecule has 3 aromatic rings. The Morgan fingerprint density at radius 2 is 2.04 bits per heavy atom. The van der Waals surface area contributed by atoms with Crippen molar-refractivity contribution in [1.29, 1.82) is 0 Å². The fraction of sp³-hybridized carbons (Fsp3) is 0.368. The molecule has 4 rings (SSSR count). The molecule has 1 fully saturated rings. The molecular weight excluding hydrogens is 412 g/mol. The predicted molar refractivity (Wildman–Crippen MR) is 106 cm³/mol. The van der Waals surface area contributed by atoms with E-state index in [-0.39, 0.29) is 6.61 Å². The van der Waals surface area contributed by atoms with Crippen LogP contribution in [-0.2, 0) is 4.74 Å². The lowest BCUT2D eigenvalue weighted by molar-refractivity contribution is 0.00466. The molecule has 2 aromatic heterocycles. The van der Waals surface area contributed by atoms with Crippen LogP contribution in [-0.4, -0.2) is 70.5 Å². The van der Waals surface area contributed by atoms with Crippen molar-refractivity contribution in [2.45, 2.75) is 6.10 Å². The monoisotopic (exact) mass is 432 g/mol. The highest BCUT2D eigenvalue weighted by molar-refractivity contribution is 9.10. The van der Waals surface area contributed by atoms with E-state index in [0.717, 1.165) is 59.1 Å². The van der Waals surface area contributed by atoms with Crippen LogP contribution in [0, 0.1) is 0 Å². The molecule has 27 heavy (non-hydrogen) atoms. The number of imidazole rings is 1. The van der Waals surface area contributed by atoms with Crippen molar-refractivity contribution < 1.29 is 14.6 Å². The number of fused-ring (bicyclic) bond motifs is 1. The van der Waals surface area contributed by atoms with Gasteiger partial charge in [-0.15, -0.1) is 0 Å². The van der Waals surface area contributed by atoms with Crippen molar-refractivity contribution in [3.8, 4) is 17.1 Å². The van der Waals surface area contributed by atoms with Gasteiger partial charge in [0.05, 0.1) is 13.2 Å². The SMILES string of the molecule is OC(COc1ccc(-c2nc3cc(Br)cnc3[nH]2)cc1)CN1CCOCC1. The van der Waals surface area contributed by atoms with E-state index < -0.39 is 6.10 Å². The average Bonchev–Trinajstić information content (AvgIpc) is 3.11. The second-order valence-electron chi connectivity index (χ2n) is 6.51. The van der Waals surface area contributed by atoms with Gasteiger partial charge in [0.25, 0.3) is 0 Å².